The van der Waals surface area contributed by atoms with Crippen molar-refractivity contribution < 1.29 is 19.5 Å². The summed E-state index contributed by atoms with van der Waals surface area (Å²) in [5.41, 5.74) is 1.56. The summed E-state index contributed by atoms with van der Waals surface area (Å²) in [5.74, 6) is -0.663. The molecule has 0 spiro atoms. The maximum Gasteiger partial charge on any atom is 0.358 e. The quantitative estimate of drug-likeness (QED) is 0.625. The minimum atomic E-state index is -1.12. The zero-order chi connectivity index (χ0) is 25.1. The minimum absolute atomic E-state index is 0.0282. The lowest BCUT2D eigenvalue weighted by Crippen LogP contribution is -2.34. The van der Waals surface area contributed by atoms with Crippen molar-refractivity contribution >= 4 is 29.7 Å². The predicted molar refractivity (Wildman–Crippen MR) is 131 cm³/mol. The Hall–Kier alpha value is -4.00. The summed E-state index contributed by atoms with van der Waals surface area (Å²) in [4.78, 5) is 39.6. The third-order valence-electron chi connectivity index (χ3n) is 6.67. The van der Waals surface area contributed by atoms with Gasteiger partial charge in [-0.15, -0.1) is 10.2 Å². The maximum absolute atomic E-state index is 13.0. The lowest BCUT2D eigenvalue weighted by atomic mass is 9.74. The number of rotatable bonds is 4. The predicted octanol–water partition coefficient (Wildman–Crippen LogP) is 3.04. The number of hydrogen-bond donors (Lipinski definition) is 1. The molecule has 3 unspecified atom stereocenters. The zero-order valence-corrected chi connectivity index (χ0v) is 19.9. The molecule has 0 radical (unpaired) electrons. The number of hydrogen-bond acceptors (Lipinski definition) is 6. The third kappa shape index (κ3) is 4.80. The minimum Gasteiger partial charge on any atom is -0.476 e. The van der Waals surface area contributed by atoms with Gasteiger partial charge >= 0.3 is 5.97 Å². The van der Waals surface area contributed by atoms with Crippen LogP contribution in [0.3, 0.4) is 0 Å². The summed E-state index contributed by atoms with van der Waals surface area (Å²) in [6.45, 7) is 6.32. The molecule has 0 saturated heterocycles. The van der Waals surface area contributed by atoms with E-state index in [9.17, 15) is 14.4 Å². The largest absolute Gasteiger partial charge is 0.476 e. The van der Waals surface area contributed by atoms with Gasteiger partial charge in [-0.25, -0.2) is 9.78 Å². The summed E-state index contributed by atoms with van der Waals surface area (Å²) < 4.78 is 0. The molecule has 5 rings (SSSR count). The highest BCUT2D eigenvalue weighted by Gasteiger charge is 2.33. The van der Waals surface area contributed by atoms with Crippen molar-refractivity contribution in [1.29, 1.82) is 0 Å². The number of carbonyl (C=O) groups excluding carboxylic acids is 2. The Morgan fingerprint density at radius 3 is 2.51 bits per heavy atom. The second kappa shape index (κ2) is 10.1. The molecule has 0 fully saturated rings. The van der Waals surface area contributed by atoms with E-state index in [4.69, 9.17) is 5.11 Å². The molecule has 7 heteroatoms. The number of nitrogens with zero attached hydrogens (tertiary/aromatic N) is 3. The first kappa shape index (κ1) is 24.1. The van der Waals surface area contributed by atoms with Gasteiger partial charge in [0.15, 0.2) is 11.5 Å². The molecule has 3 aromatic rings. The molecule has 3 atom stereocenters. The third-order valence-corrected chi connectivity index (χ3v) is 6.67. The first-order valence-corrected chi connectivity index (χ1v) is 11.7. The van der Waals surface area contributed by atoms with Gasteiger partial charge in [0.25, 0.3) is 0 Å². The van der Waals surface area contributed by atoms with Crippen LogP contribution >= 0.6 is 0 Å². The van der Waals surface area contributed by atoms with Crippen molar-refractivity contribution in [2.24, 2.45) is 11.8 Å². The summed E-state index contributed by atoms with van der Waals surface area (Å²) in [5, 5.41) is 18.8. The molecule has 7 nitrogen and oxygen atoms in total. The van der Waals surface area contributed by atoms with E-state index in [1.54, 1.807) is 6.08 Å². The average molecular weight is 470 g/mol. The number of Topliss-reactive ketones (excluding diaryl/α,β-unsaturated/α-hetero) is 2. The molecule has 0 bridgehead atoms. The molecule has 178 valence electrons. The molecule has 1 heterocycles. The van der Waals surface area contributed by atoms with Gasteiger partial charge in [-0.1, -0.05) is 69.7 Å². The fourth-order valence-corrected chi connectivity index (χ4v) is 4.69. The van der Waals surface area contributed by atoms with E-state index in [2.05, 4.69) is 47.2 Å². The highest BCUT2D eigenvalue weighted by molar-refractivity contribution is 6.19. The van der Waals surface area contributed by atoms with Crippen molar-refractivity contribution in [1.82, 2.24) is 15.2 Å². The second-order valence-electron chi connectivity index (χ2n) is 9.05. The molecule has 1 aromatic heterocycles. The molecule has 1 N–H and O–H groups in total. The van der Waals surface area contributed by atoms with E-state index < -0.39 is 5.97 Å². The van der Waals surface area contributed by atoms with Crippen molar-refractivity contribution in [3.63, 3.8) is 0 Å². The summed E-state index contributed by atoms with van der Waals surface area (Å²) in [6.07, 6.45) is 7.91. The van der Waals surface area contributed by atoms with E-state index in [1.165, 1.54) is 6.33 Å². The standard InChI is InChI=1S/C24H24O2.C4H3N3O2/c1-4-14(2)11-20-22-17(12-15(3)24(20)26)9-10-19-18-8-6-5-7-16(18)13-21(25)23(19)22;8-4(9)3-1-5-2-6-7-3/h5-10,12-15,20H,4,11H2,1-3H3;1-2H,(H,8,9). The van der Waals surface area contributed by atoms with Crippen LogP contribution in [0, 0.1) is 22.3 Å². The van der Waals surface area contributed by atoms with E-state index in [-0.39, 0.29) is 29.1 Å². The SMILES string of the molecule is CCC(C)CC1C(=O)C(C)C=c2ccc3c(c21)C(=O)C=c1ccccc1=3.O=C(O)c1cncnn1. The number of fused-ring (bicyclic) bond motifs is 4. The topological polar surface area (TPSA) is 110 Å². The van der Waals surface area contributed by atoms with Crippen LogP contribution in [-0.4, -0.2) is 37.8 Å². The molecule has 2 aliphatic carbocycles. The van der Waals surface area contributed by atoms with E-state index in [1.807, 2.05) is 31.2 Å². The van der Waals surface area contributed by atoms with Crippen LogP contribution in [0.5, 0.6) is 0 Å². The van der Waals surface area contributed by atoms with Gasteiger partial charge in [0.1, 0.15) is 12.1 Å². The molecule has 35 heavy (non-hydrogen) atoms. The van der Waals surface area contributed by atoms with Crippen molar-refractivity contribution in [2.45, 2.75) is 39.5 Å². The Balaban J connectivity index is 0.000000271. The zero-order valence-electron chi connectivity index (χ0n) is 19.9. The van der Waals surface area contributed by atoms with Crippen LogP contribution in [0.4, 0.5) is 0 Å². The molecule has 2 aromatic carbocycles. The Kier molecular flexibility index (Phi) is 6.96. The van der Waals surface area contributed by atoms with Gasteiger partial charge in [0, 0.05) is 17.4 Å². The fourth-order valence-electron chi connectivity index (χ4n) is 4.69. The molecular weight excluding hydrogens is 442 g/mol. The number of carboxylic acid groups (broad SMARTS) is 1. The van der Waals surface area contributed by atoms with Gasteiger partial charge in [0.2, 0.25) is 0 Å². The molecule has 0 aliphatic heterocycles. The number of aromatic carboxylic acids is 1. The average Bonchev–Trinajstić information content (AvgIpc) is 2.87. The van der Waals surface area contributed by atoms with Crippen LogP contribution < -0.4 is 10.4 Å². The van der Waals surface area contributed by atoms with Gasteiger partial charge < -0.3 is 5.11 Å². The fraction of sp³-hybridized carbons (Fsp3) is 0.286. The van der Waals surface area contributed by atoms with Crippen molar-refractivity contribution in [3.05, 3.63) is 86.6 Å². The smallest absolute Gasteiger partial charge is 0.358 e. The summed E-state index contributed by atoms with van der Waals surface area (Å²) >= 11 is 0. The van der Waals surface area contributed by atoms with Crippen LogP contribution in [-0.2, 0) is 4.79 Å². The number of carboxylic acids is 1. The van der Waals surface area contributed by atoms with Crippen LogP contribution in [0.15, 0.2) is 48.9 Å². The normalized spacial score (nSPS) is 18.5. The molecule has 0 amide bonds. The Labute approximate surface area is 202 Å². The van der Waals surface area contributed by atoms with Crippen LogP contribution in [0.2, 0.25) is 0 Å². The highest BCUT2D eigenvalue weighted by atomic mass is 16.4. The Morgan fingerprint density at radius 1 is 1.09 bits per heavy atom. The molecule has 0 saturated carbocycles. The first-order valence-electron chi connectivity index (χ1n) is 11.7. The number of benzene rings is 2. The summed E-state index contributed by atoms with van der Waals surface area (Å²) in [6, 6.07) is 12.1. The second-order valence-corrected chi connectivity index (χ2v) is 9.05. The van der Waals surface area contributed by atoms with Gasteiger partial charge in [-0.3, -0.25) is 9.59 Å². The van der Waals surface area contributed by atoms with Crippen LogP contribution in [0.25, 0.3) is 12.2 Å². The lowest BCUT2D eigenvalue weighted by Gasteiger charge is -2.28. The van der Waals surface area contributed by atoms with E-state index in [0.29, 0.717) is 5.92 Å². The monoisotopic (exact) mass is 469 g/mol. The Bertz CT molecular complexity index is 1520. The Morgan fingerprint density at radius 2 is 1.86 bits per heavy atom. The van der Waals surface area contributed by atoms with Crippen LogP contribution in [0.1, 0.15) is 65.9 Å². The van der Waals surface area contributed by atoms with E-state index in [0.717, 1.165) is 51.0 Å². The van der Waals surface area contributed by atoms with Crippen molar-refractivity contribution in [2.75, 3.05) is 0 Å². The number of aromatic nitrogens is 3. The number of carbonyl (C=O) groups is 3. The highest BCUT2D eigenvalue weighted by Crippen LogP contribution is 2.33. The lowest BCUT2D eigenvalue weighted by molar-refractivity contribution is -0.122. The van der Waals surface area contributed by atoms with Gasteiger partial charge in [0.05, 0.1) is 6.20 Å². The molecule has 2 aliphatic rings. The van der Waals surface area contributed by atoms with Crippen molar-refractivity contribution in [3.8, 4) is 0 Å². The van der Waals surface area contributed by atoms with Gasteiger partial charge in [-0.2, -0.15) is 0 Å². The summed E-state index contributed by atoms with van der Waals surface area (Å²) in [7, 11) is 0. The van der Waals surface area contributed by atoms with E-state index >= 15 is 0 Å². The first-order chi connectivity index (χ1) is 16.8. The molecular formula is C28H27N3O4. The van der Waals surface area contributed by atoms with Gasteiger partial charge in [-0.05, 0) is 44.9 Å². The maximum atomic E-state index is 13.0. The number of ketones is 2.